The van der Waals surface area contributed by atoms with E-state index in [2.05, 4.69) is 20.2 Å². The number of aryl methyl sites for hydroxylation is 1. The number of nitrogens with zero attached hydrogens (tertiary/aromatic N) is 4. The van der Waals surface area contributed by atoms with Crippen LogP contribution in [-0.2, 0) is 17.1 Å². The van der Waals surface area contributed by atoms with Crippen LogP contribution in [0.15, 0.2) is 41.6 Å². The second-order valence-corrected chi connectivity index (χ2v) is 9.05. The van der Waals surface area contributed by atoms with Crippen molar-refractivity contribution in [2.24, 2.45) is 7.05 Å². The number of hydrogen-bond donors (Lipinski definition) is 2. The Morgan fingerprint density at radius 2 is 2.11 bits per heavy atom. The van der Waals surface area contributed by atoms with Crippen LogP contribution in [0.4, 0.5) is 0 Å². The zero-order chi connectivity index (χ0) is 20.3. The van der Waals surface area contributed by atoms with E-state index >= 15 is 0 Å². The Balaban J connectivity index is 1.90. The summed E-state index contributed by atoms with van der Waals surface area (Å²) >= 11 is 1.67. The minimum Gasteiger partial charge on any atom is -0.345 e. The molecule has 3 aromatic heterocycles. The summed E-state index contributed by atoms with van der Waals surface area (Å²) in [5.74, 6) is 1.08. The standard InChI is InChI=1S/C17H22N6O3S2/c1-18-28(25,26)12-10-14(22(2)11-12)17(24)19-13(7-9-27-3)16-21-20-15-6-4-5-8-23(15)16/h4-6,8,10-11,13,18H,7,9H2,1-3H3,(H,19,24). The summed E-state index contributed by atoms with van der Waals surface area (Å²) in [5, 5.41) is 11.4. The molecule has 3 heterocycles. The van der Waals surface area contributed by atoms with Crippen molar-refractivity contribution in [3.05, 3.63) is 48.2 Å². The first-order valence-corrected chi connectivity index (χ1v) is 11.4. The third kappa shape index (κ3) is 4.05. The number of sulfonamides is 1. The highest BCUT2D eigenvalue weighted by atomic mass is 32.2. The van der Waals surface area contributed by atoms with Gasteiger partial charge in [-0.05, 0) is 43.7 Å². The molecular formula is C17H22N6O3S2. The minimum atomic E-state index is -3.63. The highest BCUT2D eigenvalue weighted by Crippen LogP contribution is 2.20. The predicted octanol–water partition coefficient (Wildman–Crippen LogP) is 1.20. The number of hydrogen-bond acceptors (Lipinski definition) is 6. The van der Waals surface area contributed by atoms with Gasteiger partial charge in [0.2, 0.25) is 10.0 Å². The predicted molar refractivity (Wildman–Crippen MR) is 108 cm³/mol. The first-order chi connectivity index (χ1) is 13.4. The van der Waals surface area contributed by atoms with Crippen molar-refractivity contribution in [3.8, 4) is 0 Å². The second kappa shape index (κ2) is 8.33. The molecule has 0 bridgehead atoms. The van der Waals surface area contributed by atoms with Crippen LogP contribution in [0.3, 0.4) is 0 Å². The molecule has 1 unspecified atom stereocenters. The van der Waals surface area contributed by atoms with E-state index in [1.807, 2.05) is 35.1 Å². The second-order valence-electron chi connectivity index (χ2n) is 6.17. The maximum absolute atomic E-state index is 12.9. The van der Waals surface area contributed by atoms with Gasteiger partial charge in [-0.3, -0.25) is 9.20 Å². The van der Waals surface area contributed by atoms with Crippen LogP contribution >= 0.6 is 11.8 Å². The van der Waals surface area contributed by atoms with Gasteiger partial charge in [0, 0.05) is 19.4 Å². The van der Waals surface area contributed by atoms with Crippen molar-refractivity contribution in [1.29, 1.82) is 0 Å². The lowest BCUT2D eigenvalue weighted by atomic mass is 10.2. The average Bonchev–Trinajstić information content (AvgIpc) is 3.29. The molecule has 11 heteroatoms. The Labute approximate surface area is 167 Å². The van der Waals surface area contributed by atoms with Gasteiger partial charge in [0.1, 0.15) is 10.6 Å². The summed E-state index contributed by atoms with van der Waals surface area (Å²) < 4.78 is 29.6. The monoisotopic (exact) mass is 422 g/mol. The molecule has 9 nitrogen and oxygen atoms in total. The molecule has 0 aromatic carbocycles. The first kappa shape index (κ1) is 20.4. The van der Waals surface area contributed by atoms with Gasteiger partial charge in [-0.1, -0.05) is 6.07 Å². The van der Waals surface area contributed by atoms with Crippen molar-refractivity contribution in [2.75, 3.05) is 19.1 Å². The topological polar surface area (TPSA) is 110 Å². The molecule has 0 radical (unpaired) electrons. The average molecular weight is 423 g/mol. The van der Waals surface area contributed by atoms with Gasteiger partial charge in [0.15, 0.2) is 11.5 Å². The van der Waals surface area contributed by atoms with Gasteiger partial charge in [0.25, 0.3) is 5.91 Å². The lowest BCUT2D eigenvalue weighted by Crippen LogP contribution is -2.31. The molecule has 0 saturated carbocycles. The molecule has 0 fully saturated rings. The molecule has 1 amide bonds. The van der Waals surface area contributed by atoms with Crippen molar-refractivity contribution in [3.63, 3.8) is 0 Å². The van der Waals surface area contributed by atoms with Gasteiger partial charge in [0.05, 0.1) is 6.04 Å². The molecule has 3 aromatic rings. The SMILES string of the molecule is CNS(=O)(=O)c1cc(C(=O)NC(CCSC)c2nnc3ccccn23)n(C)c1. The summed E-state index contributed by atoms with van der Waals surface area (Å²) in [6, 6.07) is 6.58. The van der Waals surface area contributed by atoms with Crippen molar-refractivity contribution >= 4 is 33.3 Å². The van der Waals surface area contributed by atoms with Crippen molar-refractivity contribution < 1.29 is 13.2 Å². The molecule has 0 aliphatic carbocycles. The third-order valence-electron chi connectivity index (χ3n) is 4.36. The van der Waals surface area contributed by atoms with E-state index in [1.54, 1.807) is 18.8 Å². The van der Waals surface area contributed by atoms with Gasteiger partial charge in [-0.15, -0.1) is 10.2 Å². The van der Waals surface area contributed by atoms with E-state index in [4.69, 9.17) is 0 Å². The number of fused-ring (bicyclic) bond motifs is 1. The highest BCUT2D eigenvalue weighted by molar-refractivity contribution is 7.98. The maximum atomic E-state index is 12.9. The van der Waals surface area contributed by atoms with Crippen LogP contribution in [0.25, 0.3) is 5.65 Å². The Morgan fingerprint density at radius 1 is 1.32 bits per heavy atom. The molecule has 28 heavy (non-hydrogen) atoms. The van der Waals surface area contributed by atoms with Crippen LogP contribution in [-0.4, -0.2) is 52.5 Å². The summed E-state index contributed by atoms with van der Waals surface area (Å²) in [7, 11) is -0.666. The largest absolute Gasteiger partial charge is 0.345 e. The van der Waals surface area contributed by atoms with E-state index in [9.17, 15) is 13.2 Å². The van der Waals surface area contributed by atoms with Gasteiger partial charge < -0.3 is 9.88 Å². The van der Waals surface area contributed by atoms with Crippen LogP contribution in [0, 0.1) is 0 Å². The van der Waals surface area contributed by atoms with E-state index in [1.165, 1.54) is 23.9 Å². The molecule has 0 aliphatic heterocycles. The van der Waals surface area contributed by atoms with Gasteiger partial charge >= 0.3 is 0 Å². The zero-order valence-electron chi connectivity index (χ0n) is 15.8. The summed E-state index contributed by atoms with van der Waals surface area (Å²) in [4.78, 5) is 12.9. The third-order valence-corrected chi connectivity index (χ3v) is 6.38. The van der Waals surface area contributed by atoms with E-state index < -0.39 is 10.0 Å². The summed E-state index contributed by atoms with van der Waals surface area (Å²) in [5.41, 5.74) is 0.943. The number of carbonyl (C=O) groups is 1. The number of nitrogens with one attached hydrogen (secondary N) is 2. The number of pyridine rings is 1. The number of carbonyl (C=O) groups excluding carboxylic acids is 1. The minimum absolute atomic E-state index is 0.0382. The number of amides is 1. The van der Waals surface area contributed by atoms with Crippen LogP contribution in [0.5, 0.6) is 0 Å². The summed E-state index contributed by atoms with van der Waals surface area (Å²) in [6.07, 6.45) is 5.91. The fourth-order valence-corrected chi connectivity index (χ4v) is 4.13. The lowest BCUT2D eigenvalue weighted by molar-refractivity contribution is 0.0925. The molecule has 150 valence electrons. The maximum Gasteiger partial charge on any atom is 0.268 e. The Morgan fingerprint density at radius 3 is 2.82 bits per heavy atom. The lowest BCUT2D eigenvalue weighted by Gasteiger charge is -2.17. The fraction of sp³-hybridized carbons (Fsp3) is 0.353. The van der Waals surface area contributed by atoms with Crippen LogP contribution in [0.2, 0.25) is 0 Å². The smallest absolute Gasteiger partial charge is 0.268 e. The fourth-order valence-electron chi connectivity index (χ4n) is 2.86. The van der Waals surface area contributed by atoms with Crippen molar-refractivity contribution in [2.45, 2.75) is 17.4 Å². The zero-order valence-corrected chi connectivity index (χ0v) is 17.4. The molecule has 3 rings (SSSR count). The van der Waals surface area contributed by atoms with Crippen molar-refractivity contribution in [1.82, 2.24) is 29.2 Å². The molecule has 0 aliphatic rings. The van der Waals surface area contributed by atoms with Crippen LogP contribution < -0.4 is 10.0 Å². The van der Waals surface area contributed by atoms with Gasteiger partial charge in [-0.25, -0.2) is 13.1 Å². The molecule has 2 N–H and O–H groups in total. The number of rotatable bonds is 8. The van der Waals surface area contributed by atoms with E-state index in [-0.39, 0.29) is 22.5 Å². The first-order valence-electron chi connectivity index (χ1n) is 8.56. The molecular weight excluding hydrogens is 400 g/mol. The van der Waals surface area contributed by atoms with E-state index in [0.717, 1.165) is 5.75 Å². The van der Waals surface area contributed by atoms with Gasteiger partial charge in [-0.2, -0.15) is 11.8 Å². The van der Waals surface area contributed by atoms with Crippen LogP contribution in [0.1, 0.15) is 28.8 Å². The highest BCUT2D eigenvalue weighted by Gasteiger charge is 2.24. The number of thioether (sulfide) groups is 1. The molecule has 0 spiro atoms. The Hall–Kier alpha value is -2.37. The Bertz CT molecular complexity index is 1090. The quantitative estimate of drug-likeness (QED) is 0.564. The van der Waals surface area contributed by atoms with E-state index in [0.29, 0.717) is 17.9 Å². The Kier molecular flexibility index (Phi) is 6.06. The molecule has 1 atom stereocenters. The normalized spacial score (nSPS) is 13.0. The number of aromatic nitrogens is 4. The molecule has 0 saturated heterocycles. The summed E-state index contributed by atoms with van der Waals surface area (Å²) in [6.45, 7) is 0.